The molecule has 4 aliphatic rings. The summed E-state index contributed by atoms with van der Waals surface area (Å²) < 4.78 is 1.79. The smallest absolute Gasteiger partial charge is 0.326 e. The fourth-order valence-electron chi connectivity index (χ4n) is 6.17. The maximum absolute atomic E-state index is 12.9. The molecule has 2 aliphatic carbocycles. The second kappa shape index (κ2) is 6.67. The molecule has 3 fully saturated rings. The average molecular weight is 420 g/mol. The zero-order valence-electron chi connectivity index (χ0n) is 17.1. The number of para-hydroxylation sites is 2. The van der Waals surface area contributed by atoms with Gasteiger partial charge in [-0.3, -0.25) is 23.9 Å². The van der Waals surface area contributed by atoms with Gasteiger partial charge < -0.3 is 9.88 Å². The van der Waals surface area contributed by atoms with Crippen molar-refractivity contribution in [3.63, 3.8) is 0 Å². The molecule has 4 unspecified atom stereocenters. The predicted octanol–water partition coefficient (Wildman–Crippen LogP) is 1.30. The molecule has 8 nitrogen and oxygen atoms in total. The molecule has 3 heterocycles. The predicted molar refractivity (Wildman–Crippen MR) is 112 cm³/mol. The highest BCUT2D eigenvalue weighted by atomic mass is 16.2. The first-order valence-corrected chi connectivity index (χ1v) is 11.0. The Morgan fingerprint density at radius 1 is 0.968 bits per heavy atom. The minimum Gasteiger partial charge on any atom is -0.341 e. The molecule has 2 aromatic rings. The Bertz CT molecular complexity index is 1160. The largest absolute Gasteiger partial charge is 0.341 e. The van der Waals surface area contributed by atoms with Gasteiger partial charge in [-0.1, -0.05) is 24.3 Å². The lowest BCUT2D eigenvalue weighted by Crippen LogP contribution is -2.47. The minimum atomic E-state index is -0.269. The summed E-state index contributed by atoms with van der Waals surface area (Å²) in [5, 5.41) is 0. The van der Waals surface area contributed by atoms with Gasteiger partial charge in [0.2, 0.25) is 17.7 Å². The Hall–Kier alpha value is -3.16. The van der Waals surface area contributed by atoms with Gasteiger partial charge in [0.05, 0.1) is 22.9 Å². The maximum atomic E-state index is 12.9. The van der Waals surface area contributed by atoms with E-state index in [1.807, 2.05) is 24.3 Å². The van der Waals surface area contributed by atoms with E-state index < -0.39 is 0 Å². The lowest BCUT2D eigenvalue weighted by atomic mass is 9.85. The minimum absolute atomic E-state index is 0.0174. The number of carbonyl (C=O) groups excluding carboxylic acids is 3. The molecule has 0 spiro atoms. The van der Waals surface area contributed by atoms with Crippen molar-refractivity contribution in [1.82, 2.24) is 19.4 Å². The van der Waals surface area contributed by atoms with Crippen LogP contribution in [0.2, 0.25) is 0 Å². The van der Waals surface area contributed by atoms with Crippen LogP contribution < -0.4 is 5.69 Å². The van der Waals surface area contributed by atoms with E-state index in [-0.39, 0.29) is 59.7 Å². The van der Waals surface area contributed by atoms with Crippen molar-refractivity contribution in [2.45, 2.75) is 25.3 Å². The van der Waals surface area contributed by atoms with Crippen LogP contribution in [0.4, 0.5) is 0 Å². The molecule has 31 heavy (non-hydrogen) atoms. The number of fused-ring (bicyclic) bond motifs is 6. The summed E-state index contributed by atoms with van der Waals surface area (Å²) in [5.41, 5.74) is 1.56. The lowest BCUT2D eigenvalue weighted by Gasteiger charge is -2.33. The molecule has 6 rings (SSSR count). The average Bonchev–Trinajstić information content (AvgIpc) is 3.52. The number of nitrogens with zero attached hydrogens (tertiary/aromatic N) is 3. The van der Waals surface area contributed by atoms with E-state index >= 15 is 0 Å². The fraction of sp³-hybridized carbons (Fsp3) is 0.478. The Balaban J connectivity index is 1.13. The molecule has 1 aromatic carbocycles. The number of hydrogen-bond acceptors (Lipinski definition) is 4. The first-order chi connectivity index (χ1) is 15.0. The van der Waals surface area contributed by atoms with Crippen molar-refractivity contribution in [3.8, 4) is 0 Å². The van der Waals surface area contributed by atoms with Crippen molar-refractivity contribution in [1.29, 1.82) is 0 Å². The molecule has 160 valence electrons. The molecule has 1 aromatic heterocycles. The fourth-order valence-corrected chi connectivity index (χ4v) is 6.17. The van der Waals surface area contributed by atoms with Crippen LogP contribution in [0.5, 0.6) is 0 Å². The zero-order chi connectivity index (χ0) is 21.3. The van der Waals surface area contributed by atoms with Crippen LogP contribution in [0.3, 0.4) is 0 Å². The van der Waals surface area contributed by atoms with Crippen molar-refractivity contribution in [2.75, 3.05) is 19.6 Å². The first kappa shape index (κ1) is 18.6. The standard InChI is InChI=1S/C23H24N4O4/c28-18(12-26-21(29)19-13-5-6-14(11-13)20(19)22(26)30)25-9-7-15(8-10-25)27-17-4-2-1-3-16(17)24-23(27)31/h1-6,13-15,19-20H,7-12H2,(H,24,31). The van der Waals surface area contributed by atoms with Gasteiger partial charge in [0, 0.05) is 19.1 Å². The highest BCUT2D eigenvalue weighted by molar-refractivity contribution is 6.08. The number of carbonyl (C=O) groups is 3. The topological polar surface area (TPSA) is 95.5 Å². The third kappa shape index (κ3) is 2.66. The van der Waals surface area contributed by atoms with Crippen LogP contribution in [0.15, 0.2) is 41.2 Å². The number of H-pyrrole nitrogens is 1. The third-order valence-electron chi connectivity index (χ3n) is 7.66. The van der Waals surface area contributed by atoms with Gasteiger partial charge in [-0.25, -0.2) is 4.79 Å². The van der Waals surface area contributed by atoms with Crippen molar-refractivity contribution >= 4 is 28.8 Å². The van der Waals surface area contributed by atoms with Crippen molar-refractivity contribution in [2.24, 2.45) is 23.7 Å². The van der Waals surface area contributed by atoms with Crippen LogP contribution >= 0.6 is 0 Å². The number of amides is 3. The number of piperidine rings is 1. The van der Waals surface area contributed by atoms with Crippen LogP contribution in [-0.2, 0) is 14.4 Å². The monoisotopic (exact) mass is 420 g/mol. The number of hydrogen-bond donors (Lipinski definition) is 1. The Kier molecular flexibility index (Phi) is 4.00. The van der Waals surface area contributed by atoms with Gasteiger partial charge in [-0.2, -0.15) is 0 Å². The van der Waals surface area contributed by atoms with Gasteiger partial charge >= 0.3 is 5.69 Å². The number of aromatic amines is 1. The number of imide groups is 1. The van der Waals surface area contributed by atoms with Gasteiger partial charge in [-0.15, -0.1) is 0 Å². The molecule has 2 aliphatic heterocycles. The third-order valence-corrected chi connectivity index (χ3v) is 7.66. The molecule has 1 N–H and O–H groups in total. The Labute approximate surface area is 178 Å². The van der Waals surface area contributed by atoms with E-state index in [4.69, 9.17) is 0 Å². The summed E-state index contributed by atoms with van der Waals surface area (Å²) in [6, 6.07) is 7.62. The van der Waals surface area contributed by atoms with Crippen LogP contribution in [-0.4, -0.2) is 56.7 Å². The molecule has 2 saturated heterocycles. The molecule has 2 bridgehead atoms. The number of nitrogens with one attached hydrogen (secondary N) is 1. The van der Waals surface area contributed by atoms with Gasteiger partial charge in [0.25, 0.3) is 0 Å². The van der Waals surface area contributed by atoms with E-state index in [0.29, 0.717) is 25.9 Å². The highest BCUT2D eigenvalue weighted by Gasteiger charge is 2.59. The van der Waals surface area contributed by atoms with E-state index in [1.165, 1.54) is 4.90 Å². The lowest BCUT2D eigenvalue weighted by molar-refractivity contribution is -0.147. The number of benzene rings is 1. The van der Waals surface area contributed by atoms with Crippen LogP contribution in [0.1, 0.15) is 25.3 Å². The second-order valence-corrected chi connectivity index (χ2v) is 9.19. The maximum Gasteiger partial charge on any atom is 0.326 e. The molecule has 1 saturated carbocycles. The second-order valence-electron chi connectivity index (χ2n) is 9.19. The van der Waals surface area contributed by atoms with Gasteiger partial charge in [0.1, 0.15) is 6.54 Å². The molecular weight excluding hydrogens is 396 g/mol. The summed E-state index contributed by atoms with van der Waals surface area (Å²) in [5.74, 6) is -0.786. The number of allylic oxidation sites excluding steroid dienone is 2. The molecular formula is C23H24N4O4. The number of imidazole rings is 1. The number of rotatable bonds is 3. The van der Waals surface area contributed by atoms with E-state index in [0.717, 1.165) is 17.5 Å². The molecule has 0 radical (unpaired) electrons. The Morgan fingerprint density at radius 3 is 2.29 bits per heavy atom. The van der Waals surface area contributed by atoms with Crippen LogP contribution in [0.25, 0.3) is 11.0 Å². The van der Waals surface area contributed by atoms with E-state index in [2.05, 4.69) is 17.1 Å². The van der Waals surface area contributed by atoms with Crippen LogP contribution in [0, 0.1) is 23.7 Å². The summed E-state index contributed by atoms with van der Waals surface area (Å²) in [6.45, 7) is 0.846. The summed E-state index contributed by atoms with van der Waals surface area (Å²) >= 11 is 0. The molecule has 4 atom stereocenters. The van der Waals surface area contributed by atoms with Gasteiger partial charge in [-0.05, 0) is 43.2 Å². The Morgan fingerprint density at radius 2 is 1.61 bits per heavy atom. The van der Waals surface area contributed by atoms with Crippen molar-refractivity contribution in [3.05, 3.63) is 46.9 Å². The highest BCUT2D eigenvalue weighted by Crippen LogP contribution is 2.52. The number of likely N-dealkylation sites (tertiary alicyclic amines) is 2. The normalized spacial score (nSPS) is 30.1. The molecule has 3 amide bonds. The van der Waals surface area contributed by atoms with E-state index in [1.54, 1.807) is 9.47 Å². The first-order valence-electron chi connectivity index (χ1n) is 11.0. The van der Waals surface area contributed by atoms with E-state index in [9.17, 15) is 19.2 Å². The quantitative estimate of drug-likeness (QED) is 0.598. The summed E-state index contributed by atoms with van der Waals surface area (Å²) in [6.07, 6.45) is 6.32. The zero-order valence-corrected chi connectivity index (χ0v) is 17.1. The SMILES string of the molecule is O=C(CN1C(=O)C2C3C=CC(C3)C2C1=O)N1CCC(n2c(=O)[nH]c3ccccc32)CC1. The summed E-state index contributed by atoms with van der Waals surface area (Å²) in [7, 11) is 0. The molecule has 8 heteroatoms. The van der Waals surface area contributed by atoms with Gasteiger partial charge in [0.15, 0.2) is 0 Å². The number of aromatic nitrogens is 2. The van der Waals surface area contributed by atoms with Crippen molar-refractivity contribution < 1.29 is 14.4 Å². The summed E-state index contributed by atoms with van der Waals surface area (Å²) in [4.78, 5) is 56.8.